The fraction of sp³-hybridized carbons (Fsp3) is 0.211. The van der Waals surface area contributed by atoms with E-state index >= 15 is 0 Å². The molecule has 0 spiro atoms. The fourth-order valence-electron chi connectivity index (χ4n) is 2.42. The van der Waals surface area contributed by atoms with Crippen LogP contribution in [0, 0.1) is 6.92 Å². The smallest absolute Gasteiger partial charge is 0.314 e. The zero-order chi connectivity index (χ0) is 18.4. The van der Waals surface area contributed by atoms with Gasteiger partial charge in [0.2, 0.25) is 0 Å². The molecule has 0 radical (unpaired) electrons. The number of sulfonamides is 1. The van der Waals surface area contributed by atoms with Gasteiger partial charge in [0.1, 0.15) is 0 Å². The van der Waals surface area contributed by atoms with Crippen molar-refractivity contribution >= 4 is 16.1 Å². The third-order valence-electron chi connectivity index (χ3n) is 3.89. The van der Waals surface area contributed by atoms with E-state index < -0.39 is 16.1 Å². The largest absolute Gasteiger partial charge is 0.332 e. The second-order valence-electron chi connectivity index (χ2n) is 5.75. The number of benzene rings is 2. The Morgan fingerprint density at radius 3 is 2.32 bits per heavy atom. The summed E-state index contributed by atoms with van der Waals surface area (Å²) in [6.45, 7) is 7.59. The lowest BCUT2D eigenvalue weighted by atomic mass is 10.1. The minimum Gasteiger partial charge on any atom is -0.314 e. The number of urea groups is 1. The molecule has 0 aliphatic heterocycles. The van der Waals surface area contributed by atoms with Crippen molar-refractivity contribution in [2.24, 2.45) is 0 Å². The number of carbonyl (C=O) groups excluding carboxylic acids is 1. The molecular weight excluding hydrogens is 336 g/mol. The second-order valence-corrected chi connectivity index (χ2v) is 7.43. The van der Waals surface area contributed by atoms with Crippen molar-refractivity contribution < 1.29 is 13.2 Å². The van der Waals surface area contributed by atoms with Gasteiger partial charge in [-0.1, -0.05) is 54.1 Å². The van der Waals surface area contributed by atoms with Gasteiger partial charge in [-0.2, -0.15) is 0 Å². The summed E-state index contributed by atoms with van der Waals surface area (Å²) in [6, 6.07) is 14.8. The van der Waals surface area contributed by atoms with E-state index in [1.807, 2.05) is 44.2 Å². The maximum absolute atomic E-state index is 12.6. The predicted octanol–water partition coefficient (Wildman–Crippen LogP) is 3.64. The van der Waals surface area contributed by atoms with Crippen LogP contribution in [0.1, 0.15) is 24.1 Å². The first-order chi connectivity index (χ1) is 11.8. The average Bonchev–Trinajstić information content (AvgIpc) is 2.59. The zero-order valence-corrected chi connectivity index (χ0v) is 15.2. The highest BCUT2D eigenvalue weighted by Gasteiger charge is 2.25. The van der Waals surface area contributed by atoms with Crippen molar-refractivity contribution in [2.45, 2.75) is 24.8 Å². The Kier molecular flexibility index (Phi) is 5.98. The van der Waals surface area contributed by atoms with Crippen LogP contribution >= 0.6 is 0 Å². The Bertz CT molecular complexity index is 831. The quantitative estimate of drug-likeness (QED) is 0.802. The molecule has 2 amide bonds. The monoisotopic (exact) mass is 358 g/mol. The van der Waals surface area contributed by atoms with Crippen LogP contribution in [0.25, 0.3) is 0 Å². The molecule has 0 fully saturated rings. The molecule has 2 aromatic rings. The minimum atomic E-state index is -3.93. The van der Waals surface area contributed by atoms with Crippen LogP contribution < -0.4 is 4.72 Å². The Morgan fingerprint density at radius 2 is 1.76 bits per heavy atom. The molecule has 0 aromatic heterocycles. The van der Waals surface area contributed by atoms with Crippen molar-refractivity contribution in [2.75, 3.05) is 6.54 Å². The first-order valence-electron chi connectivity index (χ1n) is 7.91. The summed E-state index contributed by atoms with van der Waals surface area (Å²) >= 11 is 0. The molecule has 5 nitrogen and oxygen atoms in total. The van der Waals surface area contributed by atoms with Crippen molar-refractivity contribution in [3.63, 3.8) is 0 Å². The van der Waals surface area contributed by atoms with E-state index in [0.717, 1.165) is 11.1 Å². The van der Waals surface area contributed by atoms with Gasteiger partial charge in [-0.25, -0.2) is 17.9 Å². The molecule has 2 rings (SSSR count). The molecule has 6 heteroatoms. The summed E-state index contributed by atoms with van der Waals surface area (Å²) in [6.07, 6.45) is 1.57. The van der Waals surface area contributed by atoms with E-state index in [9.17, 15) is 13.2 Å². The summed E-state index contributed by atoms with van der Waals surface area (Å²) in [4.78, 5) is 14.1. The van der Waals surface area contributed by atoms with E-state index in [0.29, 0.717) is 0 Å². The first kappa shape index (κ1) is 18.7. The molecule has 1 unspecified atom stereocenters. The van der Waals surface area contributed by atoms with Crippen LogP contribution in [-0.4, -0.2) is 25.9 Å². The number of amides is 2. The topological polar surface area (TPSA) is 66.5 Å². The van der Waals surface area contributed by atoms with Gasteiger partial charge in [0.05, 0.1) is 10.9 Å². The molecule has 2 aromatic carbocycles. The Morgan fingerprint density at radius 1 is 1.16 bits per heavy atom. The highest BCUT2D eigenvalue weighted by Crippen LogP contribution is 2.20. The maximum Gasteiger partial charge on any atom is 0.332 e. The van der Waals surface area contributed by atoms with Crippen molar-refractivity contribution in [1.29, 1.82) is 0 Å². The van der Waals surface area contributed by atoms with Crippen molar-refractivity contribution in [3.05, 3.63) is 78.4 Å². The van der Waals surface area contributed by atoms with Gasteiger partial charge in [-0.3, -0.25) is 0 Å². The maximum atomic E-state index is 12.6. The molecule has 0 aliphatic rings. The van der Waals surface area contributed by atoms with Gasteiger partial charge >= 0.3 is 6.03 Å². The van der Waals surface area contributed by atoms with E-state index in [1.54, 1.807) is 18.2 Å². The Balaban J connectivity index is 2.22. The second kappa shape index (κ2) is 7.98. The predicted molar refractivity (Wildman–Crippen MR) is 98.7 cm³/mol. The molecule has 25 heavy (non-hydrogen) atoms. The molecule has 0 saturated carbocycles. The van der Waals surface area contributed by atoms with Crippen molar-refractivity contribution in [1.82, 2.24) is 9.62 Å². The lowest BCUT2D eigenvalue weighted by Gasteiger charge is -2.28. The Hall–Kier alpha value is -2.60. The highest BCUT2D eigenvalue weighted by molar-refractivity contribution is 7.90. The summed E-state index contributed by atoms with van der Waals surface area (Å²) in [7, 11) is -3.93. The number of carbonyl (C=O) groups is 1. The SMILES string of the molecule is C=CCN(C(=O)NS(=O)(=O)c1ccc(C)cc1)C(C)c1ccccc1. The number of hydrogen-bond donors (Lipinski definition) is 1. The standard InChI is InChI=1S/C19H22N2O3S/c1-4-14-21(16(3)17-8-6-5-7-9-17)19(22)20-25(23,24)18-12-10-15(2)11-13-18/h4-13,16H,1,14H2,2-3H3,(H,20,22). The number of rotatable bonds is 6. The summed E-state index contributed by atoms with van der Waals surface area (Å²) < 4.78 is 27.0. The lowest BCUT2D eigenvalue weighted by Crippen LogP contribution is -2.44. The Labute approximate surface area is 149 Å². The van der Waals surface area contributed by atoms with E-state index in [1.165, 1.54) is 17.0 Å². The van der Waals surface area contributed by atoms with Crippen LogP contribution in [-0.2, 0) is 10.0 Å². The van der Waals surface area contributed by atoms with E-state index in [4.69, 9.17) is 0 Å². The van der Waals surface area contributed by atoms with Gasteiger partial charge in [-0.05, 0) is 31.5 Å². The molecule has 0 heterocycles. The molecule has 0 aliphatic carbocycles. The first-order valence-corrected chi connectivity index (χ1v) is 9.39. The van der Waals surface area contributed by atoms with Crippen LogP contribution in [0.4, 0.5) is 4.79 Å². The molecule has 1 atom stereocenters. The number of hydrogen-bond acceptors (Lipinski definition) is 3. The van der Waals surface area contributed by atoms with Gasteiger partial charge in [0, 0.05) is 6.54 Å². The molecule has 0 bridgehead atoms. The van der Waals surface area contributed by atoms with Gasteiger partial charge in [0.25, 0.3) is 10.0 Å². The summed E-state index contributed by atoms with van der Waals surface area (Å²) in [5, 5.41) is 0. The molecule has 132 valence electrons. The molecule has 0 saturated heterocycles. The fourth-order valence-corrected chi connectivity index (χ4v) is 3.38. The van der Waals surface area contributed by atoms with E-state index in [2.05, 4.69) is 11.3 Å². The minimum absolute atomic E-state index is 0.0531. The summed E-state index contributed by atoms with van der Waals surface area (Å²) in [5.74, 6) is 0. The van der Waals surface area contributed by atoms with Crippen LogP contribution in [0.15, 0.2) is 72.1 Å². The van der Waals surface area contributed by atoms with E-state index in [-0.39, 0.29) is 17.5 Å². The zero-order valence-electron chi connectivity index (χ0n) is 14.3. The van der Waals surface area contributed by atoms with Crippen molar-refractivity contribution in [3.8, 4) is 0 Å². The average molecular weight is 358 g/mol. The lowest BCUT2D eigenvalue weighted by molar-refractivity contribution is 0.192. The number of aryl methyl sites for hydroxylation is 1. The van der Waals surface area contributed by atoms with Crippen LogP contribution in [0.5, 0.6) is 0 Å². The van der Waals surface area contributed by atoms with Gasteiger partial charge in [-0.15, -0.1) is 6.58 Å². The highest BCUT2D eigenvalue weighted by atomic mass is 32.2. The van der Waals surface area contributed by atoms with Crippen LogP contribution in [0.3, 0.4) is 0 Å². The third-order valence-corrected chi connectivity index (χ3v) is 5.23. The van der Waals surface area contributed by atoms with Gasteiger partial charge < -0.3 is 4.90 Å². The summed E-state index contributed by atoms with van der Waals surface area (Å²) in [5.41, 5.74) is 1.85. The molecular formula is C19H22N2O3S. The number of nitrogens with zero attached hydrogens (tertiary/aromatic N) is 1. The normalized spacial score (nSPS) is 12.2. The van der Waals surface area contributed by atoms with Crippen LogP contribution in [0.2, 0.25) is 0 Å². The van der Waals surface area contributed by atoms with Gasteiger partial charge in [0.15, 0.2) is 0 Å². The molecule has 1 N–H and O–H groups in total. The number of nitrogens with one attached hydrogen (secondary N) is 1. The third kappa shape index (κ3) is 4.70.